The van der Waals surface area contributed by atoms with Gasteiger partial charge >= 0.3 is 5.97 Å². The van der Waals surface area contributed by atoms with Crippen molar-refractivity contribution < 1.29 is 14.6 Å². The average molecular weight is 206 g/mol. The van der Waals surface area contributed by atoms with E-state index >= 15 is 0 Å². The van der Waals surface area contributed by atoms with Crippen molar-refractivity contribution in [1.29, 1.82) is 0 Å². The van der Waals surface area contributed by atoms with E-state index < -0.39 is 6.10 Å². The van der Waals surface area contributed by atoms with Crippen LogP contribution in [0.1, 0.15) is 12.0 Å². The van der Waals surface area contributed by atoms with Crippen LogP contribution in [0.25, 0.3) is 0 Å². The van der Waals surface area contributed by atoms with Gasteiger partial charge in [-0.05, 0) is 12.0 Å². The van der Waals surface area contributed by atoms with Gasteiger partial charge in [-0.1, -0.05) is 30.3 Å². The van der Waals surface area contributed by atoms with E-state index in [9.17, 15) is 9.90 Å². The second-order valence-corrected chi connectivity index (χ2v) is 3.90. The molecule has 0 unspecified atom stereocenters. The molecule has 1 aliphatic heterocycles. The minimum atomic E-state index is -0.487. The molecule has 1 aromatic rings. The van der Waals surface area contributed by atoms with E-state index in [0.717, 1.165) is 5.56 Å². The van der Waals surface area contributed by atoms with Crippen molar-refractivity contribution >= 4 is 5.97 Å². The van der Waals surface area contributed by atoms with Crippen LogP contribution in [0.5, 0.6) is 0 Å². The van der Waals surface area contributed by atoms with Crippen LogP contribution in [0, 0.1) is 5.92 Å². The van der Waals surface area contributed by atoms with E-state index in [2.05, 4.69) is 0 Å². The highest BCUT2D eigenvalue weighted by molar-refractivity contribution is 5.71. The van der Waals surface area contributed by atoms with Crippen LogP contribution in [0.15, 0.2) is 30.3 Å². The van der Waals surface area contributed by atoms with Crippen molar-refractivity contribution in [1.82, 2.24) is 0 Å². The highest BCUT2D eigenvalue weighted by atomic mass is 16.5. The van der Waals surface area contributed by atoms with Crippen LogP contribution in [0.2, 0.25) is 0 Å². The zero-order chi connectivity index (χ0) is 10.7. The van der Waals surface area contributed by atoms with Gasteiger partial charge < -0.3 is 9.84 Å². The van der Waals surface area contributed by atoms with Crippen molar-refractivity contribution in [3.63, 3.8) is 0 Å². The first-order valence-electron chi connectivity index (χ1n) is 5.13. The molecule has 1 N–H and O–H groups in total. The third-order valence-corrected chi connectivity index (χ3v) is 2.72. The number of rotatable bonds is 3. The van der Waals surface area contributed by atoms with Crippen LogP contribution in [0.4, 0.5) is 0 Å². The molecule has 0 saturated carbocycles. The third kappa shape index (κ3) is 2.57. The topological polar surface area (TPSA) is 46.5 Å². The molecule has 1 fully saturated rings. The Morgan fingerprint density at radius 2 is 2.13 bits per heavy atom. The Morgan fingerprint density at radius 3 is 2.73 bits per heavy atom. The van der Waals surface area contributed by atoms with E-state index in [0.29, 0.717) is 19.4 Å². The van der Waals surface area contributed by atoms with Crippen molar-refractivity contribution in [2.75, 3.05) is 6.61 Å². The summed E-state index contributed by atoms with van der Waals surface area (Å²) >= 11 is 0. The minimum Gasteiger partial charge on any atom is -0.465 e. The standard InChI is InChI=1S/C12H14O3/c13-11(10-7-12(14)15-8-10)6-9-4-2-1-3-5-9/h1-5,10-11,13H,6-8H2/t10-,11+/m0/s1. The number of esters is 1. The Hall–Kier alpha value is -1.35. The first kappa shape index (κ1) is 10.2. The van der Waals surface area contributed by atoms with Gasteiger partial charge in [0, 0.05) is 5.92 Å². The number of hydrogen-bond donors (Lipinski definition) is 1. The molecule has 1 aromatic carbocycles. The number of cyclic esters (lactones) is 1. The van der Waals surface area contributed by atoms with Crippen molar-refractivity contribution in [3.05, 3.63) is 35.9 Å². The fourth-order valence-electron chi connectivity index (χ4n) is 1.80. The largest absolute Gasteiger partial charge is 0.465 e. The van der Waals surface area contributed by atoms with Crippen molar-refractivity contribution in [3.8, 4) is 0 Å². The highest BCUT2D eigenvalue weighted by Gasteiger charge is 2.29. The number of carbonyl (C=O) groups excluding carboxylic acids is 1. The first-order chi connectivity index (χ1) is 7.25. The van der Waals surface area contributed by atoms with Crippen molar-refractivity contribution in [2.24, 2.45) is 5.92 Å². The van der Waals surface area contributed by atoms with Crippen LogP contribution < -0.4 is 0 Å². The molecule has 0 spiro atoms. The molecule has 80 valence electrons. The normalized spacial score (nSPS) is 22.5. The van der Waals surface area contributed by atoms with E-state index in [1.165, 1.54) is 0 Å². The second-order valence-electron chi connectivity index (χ2n) is 3.90. The summed E-state index contributed by atoms with van der Waals surface area (Å²) < 4.78 is 4.83. The number of benzene rings is 1. The van der Waals surface area contributed by atoms with Gasteiger partial charge in [-0.25, -0.2) is 0 Å². The second kappa shape index (κ2) is 4.45. The van der Waals surface area contributed by atoms with Gasteiger partial charge in [0.25, 0.3) is 0 Å². The maximum atomic E-state index is 10.9. The Kier molecular flexibility index (Phi) is 3.02. The van der Waals surface area contributed by atoms with Gasteiger partial charge in [0.05, 0.1) is 19.1 Å². The third-order valence-electron chi connectivity index (χ3n) is 2.72. The fraction of sp³-hybridized carbons (Fsp3) is 0.417. The molecule has 2 rings (SSSR count). The molecule has 3 heteroatoms. The molecule has 0 bridgehead atoms. The summed E-state index contributed by atoms with van der Waals surface area (Å²) in [4.78, 5) is 10.9. The minimum absolute atomic E-state index is 0.0438. The number of aliphatic hydroxyl groups is 1. The van der Waals surface area contributed by atoms with Gasteiger partial charge in [0.1, 0.15) is 0 Å². The molecule has 3 nitrogen and oxygen atoms in total. The zero-order valence-corrected chi connectivity index (χ0v) is 8.43. The monoisotopic (exact) mass is 206 g/mol. The maximum absolute atomic E-state index is 10.9. The van der Waals surface area contributed by atoms with E-state index in [-0.39, 0.29) is 11.9 Å². The average Bonchev–Trinajstić information content (AvgIpc) is 2.66. The molecule has 0 aliphatic carbocycles. The summed E-state index contributed by atoms with van der Waals surface area (Å²) in [6, 6.07) is 9.77. The summed E-state index contributed by atoms with van der Waals surface area (Å²) in [6.45, 7) is 0.354. The molecule has 1 heterocycles. The lowest BCUT2D eigenvalue weighted by molar-refractivity contribution is -0.137. The molecule has 1 aliphatic rings. The molecular weight excluding hydrogens is 192 g/mol. The van der Waals surface area contributed by atoms with Crippen molar-refractivity contribution in [2.45, 2.75) is 18.9 Å². The molecule has 0 radical (unpaired) electrons. The van der Waals surface area contributed by atoms with Gasteiger partial charge in [-0.2, -0.15) is 0 Å². The predicted octanol–water partition coefficient (Wildman–Crippen LogP) is 1.15. The molecular formula is C12H14O3. The van der Waals surface area contributed by atoms with Crippen LogP contribution in [-0.4, -0.2) is 23.8 Å². The fourth-order valence-corrected chi connectivity index (χ4v) is 1.80. The van der Waals surface area contributed by atoms with E-state index in [1.807, 2.05) is 30.3 Å². The van der Waals surface area contributed by atoms with Gasteiger partial charge in [-0.3, -0.25) is 4.79 Å². The summed E-state index contributed by atoms with van der Waals surface area (Å²) in [6.07, 6.45) is 0.440. The van der Waals surface area contributed by atoms with Crippen LogP contribution >= 0.6 is 0 Å². The number of carbonyl (C=O) groups is 1. The lowest BCUT2D eigenvalue weighted by atomic mass is 9.95. The molecule has 0 aromatic heterocycles. The zero-order valence-electron chi connectivity index (χ0n) is 8.43. The Bertz CT molecular complexity index is 334. The van der Waals surface area contributed by atoms with E-state index in [1.54, 1.807) is 0 Å². The lowest BCUT2D eigenvalue weighted by Gasteiger charge is -2.14. The molecule has 15 heavy (non-hydrogen) atoms. The van der Waals surface area contributed by atoms with Gasteiger partial charge in [-0.15, -0.1) is 0 Å². The van der Waals surface area contributed by atoms with Crippen LogP contribution in [-0.2, 0) is 16.0 Å². The smallest absolute Gasteiger partial charge is 0.306 e. The summed E-state index contributed by atoms with van der Waals surface area (Å²) in [5.74, 6) is -0.246. The highest BCUT2D eigenvalue weighted by Crippen LogP contribution is 2.20. The maximum Gasteiger partial charge on any atom is 0.306 e. The summed E-state index contributed by atoms with van der Waals surface area (Å²) in [7, 11) is 0. The molecule has 0 amide bonds. The summed E-state index contributed by atoms with van der Waals surface area (Å²) in [5, 5.41) is 9.89. The van der Waals surface area contributed by atoms with Gasteiger partial charge in [0.15, 0.2) is 0 Å². The van der Waals surface area contributed by atoms with Crippen LogP contribution in [0.3, 0.4) is 0 Å². The SMILES string of the molecule is O=C1C[C@H]([C@H](O)Cc2ccccc2)CO1. The van der Waals surface area contributed by atoms with Gasteiger partial charge in [0.2, 0.25) is 0 Å². The quantitative estimate of drug-likeness (QED) is 0.755. The number of ether oxygens (including phenoxy) is 1. The number of aliphatic hydroxyl groups excluding tert-OH is 1. The Morgan fingerprint density at radius 1 is 1.40 bits per heavy atom. The predicted molar refractivity (Wildman–Crippen MR) is 55.2 cm³/mol. The first-order valence-corrected chi connectivity index (χ1v) is 5.13. The number of hydrogen-bond acceptors (Lipinski definition) is 3. The Labute approximate surface area is 88.7 Å². The Balaban J connectivity index is 1.92. The van der Waals surface area contributed by atoms with E-state index in [4.69, 9.17) is 4.74 Å². The summed E-state index contributed by atoms with van der Waals surface area (Å²) in [5.41, 5.74) is 1.09. The molecule has 1 saturated heterocycles. The lowest BCUT2D eigenvalue weighted by Crippen LogP contribution is -2.23. The molecule has 2 atom stereocenters.